The number of aromatic nitrogens is 1. The van der Waals surface area contributed by atoms with Crippen LogP contribution in [0.15, 0.2) is 30.5 Å². The average Bonchev–Trinajstić information content (AvgIpc) is 2.67. The molecule has 1 aromatic heterocycles. The number of para-hydroxylation sites is 1. The lowest BCUT2D eigenvalue weighted by Crippen LogP contribution is -2.22. The highest BCUT2D eigenvalue weighted by atomic mass is 19.4. The molecule has 18 heavy (non-hydrogen) atoms. The van der Waals surface area contributed by atoms with Crippen molar-refractivity contribution >= 4 is 16.7 Å². The molecule has 2 N–H and O–H groups in total. The van der Waals surface area contributed by atoms with Crippen LogP contribution in [0.25, 0.3) is 10.9 Å². The standard InChI is InChI=1S/C12H11F3N2O/c13-12(14,15)11(18)9-7-17(6-5-16)10-4-2-1-3-8(9)10/h1-4,7H,5-6,16H2. The van der Waals surface area contributed by atoms with Crippen molar-refractivity contribution in [1.82, 2.24) is 4.57 Å². The number of nitrogens with zero attached hydrogens (tertiary/aromatic N) is 1. The van der Waals surface area contributed by atoms with Gasteiger partial charge < -0.3 is 10.3 Å². The zero-order valence-electron chi connectivity index (χ0n) is 9.37. The second-order valence-electron chi connectivity index (χ2n) is 3.87. The van der Waals surface area contributed by atoms with Gasteiger partial charge in [-0.2, -0.15) is 13.2 Å². The summed E-state index contributed by atoms with van der Waals surface area (Å²) in [6, 6.07) is 6.47. The molecule has 2 aromatic rings. The molecule has 96 valence electrons. The van der Waals surface area contributed by atoms with Crippen LogP contribution in [0.5, 0.6) is 0 Å². The molecule has 0 bridgehead atoms. The number of halogens is 3. The fourth-order valence-corrected chi connectivity index (χ4v) is 1.90. The third-order valence-corrected chi connectivity index (χ3v) is 2.66. The predicted molar refractivity (Wildman–Crippen MR) is 61.4 cm³/mol. The summed E-state index contributed by atoms with van der Waals surface area (Å²) in [6.07, 6.45) is -3.65. The van der Waals surface area contributed by atoms with Gasteiger partial charge >= 0.3 is 6.18 Å². The lowest BCUT2D eigenvalue weighted by Gasteiger charge is -2.02. The van der Waals surface area contributed by atoms with E-state index in [0.717, 1.165) is 0 Å². The van der Waals surface area contributed by atoms with Crippen LogP contribution in [0, 0.1) is 0 Å². The Kier molecular flexibility index (Phi) is 3.13. The van der Waals surface area contributed by atoms with E-state index in [1.165, 1.54) is 12.3 Å². The molecule has 0 spiro atoms. The predicted octanol–water partition coefficient (Wildman–Crippen LogP) is 2.35. The maximum Gasteiger partial charge on any atom is 0.454 e. The van der Waals surface area contributed by atoms with Gasteiger partial charge in [0.2, 0.25) is 0 Å². The molecule has 0 saturated heterocycles. The molecule has 1 heterocycles. The highest BCUT2D eigenvalue weighted by molar-refractivity contribution is 6.10. The summed E-state index contributed by atoms with van der Waals surface area (Å²) in [5.74, 6) is -1.82. The lowest BCUT2D eigenvalue weighted by molar-refractivity contribution is -0.0884. The fourth-order valence-electron chi connectivity index (χ4n) is 1.90. The first-order valence-electron chi connectivity index (χ1n) is 5.34. The summed E-state index contributed by atoms with van der Waals surface area (Å²) in [5.41, 5.74) is 5.65. The molecule has 0 unspecified atom stereocenters. The van der Waals surface area contributed by atoms with Gasteiger partial charge in [-0.25, -0.2) is 0 Å². The summed E-state index contributed by atoms with van der Waals surface area (Å²) in [4.78, 5) is 11.3. The molecule has 0 aliphatic carbocycles. The van der Waals surface area contributed by atoms with Crippen molar-refractivity contribution < 1.29 is 18.0 Å². The van der Waals surface area contributed by atoms with Gasteiger partial charge in [0.15, 0.2) is 0 Å². The van der Waals surface area contributed by atoms with Crippen molar-refractivity contribution in [3.05, 3.63) is 36.0 Å². The molecule has 0 saturated carbocycles. The zero-order chi connectivity index (χ0) is 13.3. The van der Waals surface area contributed by atoms with Crippen LogP contribution in [0.4, 0.5) is 13.2 Å². The number of rotatable bonds is 3. The van der Waals surface area contributed by atoms with Crippen LogP contribution in [-0.2, 0) is 6.54 Å². The Labute approximate surface area is 101 Å². The van der Waals surface area contributed by atoms with Crippen LogP contribution in [0.2, 0.25) is 0 Å². The topological polar surface area (TPSA) is 48.0 Å². The molecule has 0 radical (unpaired) electrons. The Morgan fingerprint density at radius 2 is 1.94 bits per heavy atom. The molecule has 0 amide bonds. The molecule has 0 fully saturated rings. The number of alkyl halides is 3. The normalized spacial score (nSPS) is 12.0. The van der Waals surface area contributed by atoms with Crippen LogP contribution >= 0.6 is 0 Å². The maximum atomic E-state index is 12.5. The smallest absolute Gasteiger partial charge is 0.345 e. The second kappa shape index (κ2) is 4.45. The van der Waals surface area contributed by atoms with Gasteiger partial charge in [-0.3, -0.25) is 4.79 Å². The first-order valence-corrected chi connectivity index (χ1v) is 5.34. The molecular formula is C12H11F3N2O. The van der Waals surface area contributed by atoms with E-state index in [9.17, 15) is 18.0 Å². The number of Topliss-reactive ketones (excluding diaryl/α,β-unsaturated/α-hetero) is 1. The van der Waals surface area contributed by atoms with Gasteiger partial charge in [-0.15, -0.1) is 0 Å². The molecule has 0 aliphatic rings. The van der Waals surface area contributed by atoms with E-state index in [1.54, 1.807) is 22.8 Å². The largest absolute Gasteiger partial charge is 0.454 e. The summed E-state index contributed by atoms with van der Waals surface area (Å²) in [7, 11) is 0. The Morgan fingerprint density at radius 3 is 2.56 bits per heavy atom. The quantitative estimate of drug-likeness (QED) is 0.857. The van der Waals surface area contributed by atoms with Gasteiger partial charge in [0.1, 0.15) is 0 Å². The van der Waals surface area contributed by atoms with Crippen molar-refractivity contribution in [3.8, 4) is 0 Å². The van der Waals surface area contributed by atoms with Crippen molar-refractivity contribution in [3.63, 3.8) is 0 Å². The molecule has 3 nitrogen and oxygen atoms in total. The van der Waals surface area contributed by atoms with E-state index < -0.39 is 12.0 Å². The summed E-state index contributed by atoms with van der Waals surface area (Å²) in [5, 5.41) is 0.299. The molecule has 0 atom stereocenters. The van der Waals surface area contributed by atoms with Gasteiger partial charge in [0.25, 0.3) is 5.78 Å². The van der Waals surface area contributed by atoms with E-state index >= 15 is 0 Å². The number of carbonyl (C=O) groups excluding carboxylic acids is 1. The zero-order valence-corrected chi connectivity index (χ0v) is 9.37. The first-order chi connectivity index (χ1) is 8.45. The van der Waals surface area contributed by atoms with Crippen LogP contribution in [0.3, 0.4) is 0 Å². The number of ketones is 1. The number of carbonyl (C=O) groups is 1. The van der Waals surface area contributed by atoms with E-state index in [-0.39, 0.29) is 5.56 Å². The molecule has 6 heteroatoms. The van der Waals surface area contributed by atoms with E-state index in [4.69, 9.17) is 5.73 Å². The first kappa shape index (κ1) is 12.6. The van der Waals surface area contributed by atoms with Gasteiger partial charge in [0.05, 0.1) is 5.56 Å². The highest BCUT2D eigenvalue weighted by Crippen LogP contribution is 2.28. The maximum absolute atomic E-state index is 12.5. The Hall–Kier alpha value is -1.82. The van der Waals surface area contributed by atoms with Crippen LogP contribution in [0.1, 0.15) is 10.4 Å². The number of benzene rings is 1. The minimum atomic E-state index is -4.86. The fraction of sp³-hybridized carbons (Fsp3) is 0.250. The molecular weight excluding hydrogens is 245 g/mol. The minimum Gasteiger partial charge on any atom is -0.345 e. The van der Waals surface area contributed by atoms with Crippen LogP contribution in [-0.4, -0.2) is 23.1 Å². The average molecular weight is 256 g/mol. The second-order valence-corrected chi connectivity index (χ2v) is 3.87. The van der Waals surface area contributed by atoms with E-state index in [0.29, 0.717) is 24.0 Å². The summed E-state index contributed by atoms with van der Waals surface area (Å²) < 4.78 is 39.0. The molecule has 1 aromatic carbocycles. The Bertz CT molecular complexity index is 587. The number of nitrogens with two attached hydrogens (primary N) is 1. The monoisotopic (exact) mass is 256 g/mol. The van der Waals surface area contributed by atoms with Gasteiger partial charge in [0, 0.05) is 30.2 Å². The van der Waals surface area contributed by atoms with E-state index in [2.05, 4.69) is 0 Å². The Morgan fingerprint density at radius 1 is 1.28 bits per heavy atom. The number of hydrogen-bond acceptors (Lipinski definition) is 2. The molecule has 2 rings (SSSR count). The Balaban J connectivity index is 2.61. The van der Waals surface area contributed by atoms with Crippen molar-refractivity contribution in [2.45, 2.75) is 12.7 Å². The summed E-state index contributed by atoms with van der Waals surface area (Å²) in [6.45, 7) is 0.657. The highest BCUT2D eigenvalue weighted by Gasteiger charge is 2.40. The molecule has 0 aliphatic heterocycles. The van der Waals surface area contributed by atoms with Gasteiger partial charge in [-0.1, -0.05) is 18.2 Å². The van der Waals surface area contributed by atoms with Crippen molar-refractivity contribution in [1.29, 1.82) is 0 Å². The third kappa shape index (κ3) is 2.11. The SMILES string of the molecule is NCCn1cc(C(=O)C(F)(F)F)c2ccccc21. The lowest BCUT2D eigenvalue weighted by atomic mass is 10.1. The van der Waals surface area contributed by atoms with Crippen molar-refractivity contribution in [2.75, 3.05) is 6.54 Å². The number of hydrogen-bond donors (Lipinski definition) is 1. The third-order valence-electron chi connectivity index (χ3n) is 2.66. The minimum absolute atomic E-state index is 0.290. The summed E-state index contributed by atoms with van der Waals surface area (Å²) >= 11 is 0. The number of fused-ring (bicyclic) bond motifs is 1. The van der Waals surface area contributed by atoms with E-state index in [1.807, 2.05) is 0 Å². The van der Waals surface area contributed by atoms with Crippen molar-refractivity contribution in [2.24, 2.45) is 5.73 Å². The van der Waals surface area contributed by atoms with Gasteiger partial charge in [-0.05, 0) is 6.07 Å². The van der Waals surface area contributed by atoms with Crippen LogP contribution < -0.4 is 5.73 Å².